The van der Waals surface area contributed by atoms with Crippen molar-refractivity contribution in [3.05, 3.63) is 58.1 Å². The van der Waals surface area contributed by atoms with Gasteiger partial charge >= 0.3 is 0 Å². The summed E-state index contributed by atoms with van der Waals surface area (Å²) in [5.74, 6) is 0.493. The molecule has 0 amide bonds. The third-order valence-electron chi connectivity index (χ3n) is 3.56. The summed E-state index contributed by atoms with van der Waals surface area (Å²) >= 11 is 0. The van der Waals surface area contributed by atoms with Gasteiger partial charge in [-0.2, -0.15) is 0 Å². The fourth-order valence-corrected chi connectivity index (χ4v) is 2.59. The average Bonchev–Trinajstić information content (AvgIpc) is 2.90. The number of fused-ring (bicyclic) bond motifs is 1. The lowest BCUT2D eigenvalue weighted by Crippen LogP contribution is -2.14. The number of hydrogen-bond donors (Lipinski definition) is 0. The molecule has 1 aliphatic heterocycles. The average molecular weight is 270 g/mol. The molecule has 5 nitrogen and oxygen atoms in total. The van der Waals surface area contributed by atoms with Crippen LogP contribution >= 0.6 is 0 Å². The van der Waals surface area contributed by atoms with Crippen molar-refractivity contribution in [1.29, 1.82) is 0 Å². The third kappa shape index (κ3) is 1.97. The van der Waals surface area contributed by atoms with Gasteiger partial charge in [-0.25, -0.2) is 0 Å². The van der Waals surface area contributed by atoms with Crippen molar-refractivity contribution >= 4 is 17.1 Å². The number of nitrogens with zero attached hydrogens (tertiary/aromatic N) is 2. The van der Waals surface area contributed by atoms with Gasteiger partial charge in [0, 0.05) is 12.2 Å². The van der Waals surface area contributed by atoms with E-state index in [0.717, 1.165) is 18.7 Å². The molecule has 0 aliphatic carbocycles. The van der Waals surface area contributed by atoms with Gasteiger partial charge < -0.3 is 9.64 Å². The first kappa shape index (κ1) is 12.5. The number of anilines is 2. The summed E-state index contributed by atoms with van der Waals surface area (Å²) in [5, 5.41) is 11.3. The number of nitro groups is 1. The van der Waals surface area contributed by atoms with Crippen LogP contribution in [0.1, 0.15) is 5.56 Å². The molecule has 0 atom stereocenters. The first-order valence-electron chi connectivity index (χ1n) is 6.38. The molecule has 0 saturated heterocycles. The maximum atomic E-state index is 11.3. The summed E-state index contributed by atoms with van der Waals surface area (Å²) in [6, 6.07) is 13.0. The lowest BCUT2D eigenvalue weighted by Gasteiger charge is -2.19. The SMILES string of the molecule is COc1ccc(N2CCc3ccccc32)c([N+](=O)[O-])c1. The van der Waals surface area contributed by atoms with Gasteiger partial charge in [-0.1, -0.05) is 18.2 Å². The smallest absolute Gasteiger partial charge is 0.296 e. The predicted octanol–water partition coefficient (Wildman–Crippen LogP) is 3.30. The molecule has 1 aliphatic rings. The highest BCUT2D eigenvalue weighted by molar-refractivity contribution is 5.76. The lowest BCUT2D eigenvalue weighted by molar-refractivity contribution is -0.384. The van der Waals surface area contributed by atoms with E-state index >= 15 is 0 Å². The molecule has 1 heterocycles. The molecule has 3 rings (SSSR count). The Morgan fingerprint density at radius 3 is 2.75 bits per heavy atom. The van der Waals surface area contributed by atoms with E-state index < -0.39 is 0 Å². The monoisotopic (exact) mass is 270 g/mol. The maximum absolute atomic E-state index is 11.3. The summed E-state index contributed by atoms with van der Waals surface area (Å²) in [4.78, 5) is 12.9. The van der Waals surface area contributed by atoms with Crippen molar-refractivity contribution in [2.45, 2.75) is 6.42 Å². The summed E-state index contributed by atoms with van der Waals surface area (Å²) in [6.45, 7) is 0.756. The van der Waals surface area contributed by atoms with E-state index in [1.54, 1.807) is 12.1 Å². The van der Waals surface area contributed by atoms with Gasteiger partial charge in [-0.15, -0.1) is 0 Å². The summed E-state index contributed by atoms with van der Waals surface area (Å²) in [7, 11) is 1.50. The zero-order chi connectivity index (χ0) is 14.1. The fraction of sp³-hybridized carbons (Fsp3) is 0.200. The molecule has 102 valence electrons. The van der Waals surface area contributed by atoms with Gasteiger partial charge in [0.05, 0.1) is 18.1 Å². The molecule has 20 heavy (non-hydrogen) atoms. The van der Waals surface area contributed by atoms with Crippen molar-refractivity contribution in [2.75, 3.05) is 18.6 Å². The first-order chi connectivity index (χ1) is 9.70. The first-order valence-corrected chi connectivity index (χ1v) is 6.38. The van der Waals surface area contributed by atoms with Crippen molar-refractivity contribution in [2.24, 2.45) is 0 Å². The van der Waals surface area contributed by atoms with Crippen molar-refractivity contribution in [1.82, 2.24) is 0 Å². The summed E-state index contributed by atoms with van der Waals surface area (Å²) in [5.41, 5.74) is 2.94. The van der Waals surface area contributed by atoms with Crippen LogP contribution in [0.3, 0.4) is 0 Å². The van der Waals surface area contributed by atoms with Crippen LogP contribution in [-0.2, 0) is 6.42 Å². The van der Waals surface area contributed by atoms with Crippen LogP contribution < -0.4 is 9.64 Å². The standard InChI is InChI=1S/C15H14N2O3/c1-20-12-6-7-14(15(10-12)17(18)19)16-9-8-11-4-2-3-5-13(11)16/h2-7,10H,8-9H2,1H3. The molecule has 0 radical (unpaired) electrons. The Bertz CT molecular complexity index is 670. The Morgan fingerprint density at radius 2 is 2.00 bits per heavy atom. The molecule has 0 unspecified atom stereocenters. The van der Waals surface area contributed by atoms with Crippen LogP contribution in [0.25, 0.3) is 0 Å². The number of nitro benzene ring substituents is 1. The van der Waals surface area contributed by atoms with Crippen LogP contribution in [0, 0.1) is 10.1 Å². The van der Waals surface area contributed by atoms with Gasteiger partial charge in [-0.05, 0) is 30.2 Å². The number of para-hydroxylation sites is 1. The minimum absolute atomic E-state index is 0.0704. The second-order valence-corrected chi connectivity index (χ2v) is 4.64. The molecule has 0 N–H and O–H groups in total. The van der Waals surface area contributed by atoms with E-state index in [4.69, 9.17) is 4.74 Å². The molecular weight excluding hydrogens is 256 g/mol. The summed E-state index contributed by atoms with van der Waals surface area (Å²) in [6.07, 6.45) is 0.902. The zero-order valence-electron chi connectivity index (χ0n) is 11.1. The van der Waals surface area contributed by atoms with Crippen LogP contribution in [0.2, 0.25) is 0 Å². The van der Waals surface area contributed by atoms with E-state index in [2.05, 4.69) is 6.07 Å². The second-order valence-electron chi connectivity index (χ2n) is 4.64. The highest BCUT2D eigenvalue weighted by atomic mass is 16.6. The molecule has 0 spiro atoms. The van der Waals surface area contributed by atoms with Gasteiger partial charge in [-0.3, -0.25) is 10.1 Å². The Morgan fingerprint density at radius 1 is 1.20 bits per heavy atom. The topological polar surface area (TPSA) is 55.6 Å². The van der Waals surface area contributed by atoms with Crippen LogP contribution in [0.4, 0.5) is 17.1 Å². The Kier molecular flexibility index (Phi) is 3.02. The highest BCUT2D eigenvalue weighted by Crippen LogP contribution is 2.40. The summed E-state index contributed by atoms with van der Waals surface area (Å²) < 4.78 is 5.07. The molecule has 0 aromatic heterocycles. The fourth-order valence-electron chi connectivity index (χ4n) is 2.59. The number of ether oxygens (including phenoxy) is 1. The van der Waals surface area contributed by atoms with Crippen molar-refractivity contribution < 1.29 is 9.66 Å². The van der Waals surface area contributed by atoms with Gasteiger partial charge in [0.2, 0.25) is 0 Å². The lowest BCUT2D eigenvalue weighted by atomic mass is 10.1. The Labute approximate surface area is 116 Å². The normalized spacial score (nSPS) is 13.2. The van der Waals surface area contributed by atoms with E-state index in [1.165, 1.54) is 18.7 Å². The molecule has 2 aromatic carbocycles. The second kappa shape index (κ2) is 4.85. The number of hydrogen-bond acceptors (Lipinski definition) is 4. The van der Waals surface area contributed by atoms with Crippen LogP contribution in [0.5, 0.6) is 5.75 Å². The van der Waals surface area contributed by atoms with E-state index in [1.807, 2.05) is 23.1 Å². The molecule has 0 saturated carbocycles. The van der Waals surface area contributed by atoms with Crippen LogP contribution in [-0.4, -0.2) is 18.6 Å². The molecule has 0 fully saturated rings. The molecular formula is C15H14N2O3. The van der Waals surface area contributed by atoms with E-state index in [9.17, 15) is 10.1 Å². The van der Waals surface area contributed by atoms with E-state index in [-0.39, 0.29) is 10.6 Å². The predicted molar refractivity (Wildman–Crippen MR) is 76.8 cm³/mol. The number of rotatable bonds is 3. The maximum Gasteiger partial charge on any atom is 0.296 e. The number of methoxy groups -OCH3 is 1. The number of benzene rings is 2. The molecule has 2 aromatic rings. The minimum Gasteiger partial charge on any atom is -0.496 e. The van der Waals surface area contributed by atoms with E-state index in [0.29, 0.717) is 11.4 Å². The van der Waals surface area contributed by atoms with Crippen LogP contribution in [0.15, 0.2) is 42.5 Å². The minimum atomic E-state index is -0.362. The molecule has 5 heteroatoms. The quantitative estimate of drug-likeness (QED) is 0.634. The van der Waals surface area contributed by atoms with Gasteiger partial charge in [0.1, 0.15) is 11.4 Å². The highest BCUT2D eigenvalue weighted by Gasteiger charge is 2.26. The van der Waals surface area contributed by atoms with Crippen molar-refractivity contribution in [3.8, 4) is 5.75 Å². The molecule has 0 bridgehead atoms. The van der Waals surface area contributed by atoms with Crippen molar-refractivity contribution in [3.63, 3.8) is 0 Å². The largest absolute Gasteiger partial charge is 0.496 e. The Hall–Kier alpha value is -2.56. The van der Waals surface area contributed by atoms with Gasteiger partial charge in [0.15, 0.2) is 0 Å². The Balaban J connectivity index is 2.09. The third-order valence-corrected chi connectivity index (χ3v) is 3.56. The van der Waals surface area contributed by atoms with Gasteiger partial charge in [0.25, 0.3) is 5.69 Å². The zero-order valence-corrected chi connectivity index (χ0v) is 11.1.